The van der Waals surface area contributed by atoms with Crippen LogP contribution in [0.5, 0.6) is 0 Å². The summed E-state index contributed by atoms with van der Waals surface area (Å²) in [4.78, 5) is 22.0. The van der Waals surface area contributed by atoms with Gasteiger partial charge in [0.25, 0.3) is 0 Å². The molecule has 0 aromatic rings. The van der Waals surface area contributed by atoms with Gasteiger partial charge in [0.05, 0.1) is 5.75 Å². The fourth-order valence-electron chi connectivity index (χ4n) is 0.872. The van der Waals surface area contributed by atoms with E-state index >= 15 is 0 Å². The minimum absolute atomic E-state index is 0.00848. The van der Waals surface area contributed by atoms with E-state index in [1.54, 1.807) is 13.0 Å². The van der Waals surface area contributed by atoms with Gasteiger partial charge in [-0.15, -0.1) is 0 Å². The minimum Gasteiger partial charge on any atom is -0.355 e. The monoisotopic (exact) mass is 233 g/mol. The molecule has 0 bridgehead atoms. The van der Waals surface area contributed by atoms with E-state index in [0.29, 0.717) is 0 Å². The van der Waals surface area contributed by atoms with E-state index in [1.165, 1.54) is 6.08 Å². The maximum atomic E-state index is 11.1. The van der Waals surface area contributed by atoms with Gasteiger partial charge in [-0.3, -0.25) is 9.59 Å². The number of hydrogen-bond acceptors (Lipinski definition) is 3. The first-order valence-corrected chi connectivity index (χ1v) is 5.83. The lowest BCUT2D eigenvalue weighted by Gasteiger charge is -2.01. The zero-order valence-electron chi connectivity index (χ0n) is 8.56. The largest absolute Gasteiger partial charge is 0.355 e. The van der Waals surface area contributed by atoms with Crippen molar-refractivity contribution in [3.63, 3.8) is 0 Å². The molecule has 0 fully saturated rings. The number of carbonyl (C=O) groups excluding carboxylic acids is 2. The van der Waals surface area contributed by atoms with Crippen molar-refractivity contribution in [2.45, 2.75) is 19.8 Å². The lowest BCUT2D eigenvalue weighted by molar-refractivity contribution is -0.123. The van der Waals surface area contributed by atoms with Gasteiger partial charge in [0.2, 0.25) is 5.91 Å². The van der Waals surface area contributed by atoms with Gasteiger partial charge in [-0.1, -0.05) is 6.08 Å². The highest BCUT2D eigenvalue weighted by Crippen LogP contribution is 1.92. The number of nitrogens with one attached hydrogen (secondary N) is 1. The van der Waals surface area contributed by atoms with Gasteiger partial charge in [-0.25, -0.2) is 4.21 Å². The average molecular weight is 233 g/mol. The second kappa shape index (κ2) is 8.31. The smallest absolute Gasteiger partial charge is 0.220 e. The lowest BCUT2D eigenvalue weighted by atomic mass is 10.2. The highest BCUT2D eigenvalue weighted by molar-refractivity contribution is 7.79. The maximum absolute atomic E-state index is 11.1. The number of carbonyl (C=O) groups is 2. The van der Waals surface area contributed by atoms with Crippen LogP contribution in [0.4, 0.5) is 0 Å². The van der Waals surface area contributed by atoms with Crippen LogP contribution < -0.4 is 5.32 Å². The van der Waals surface area contributed by atoms with E-state index in [2.05, 4.69) is 5.32 Å². The summed E-state index contributed by atoms with van der Waals surface area (Å²) in [6, 6.07) is 0. The third kappa shape index (κ3) is 9.30. The van der Waals surface area contributed by atoms with Gasteiger partial charge in [0, 0.05) is 19.4 Å². The molecule has 0 radical (unpaired) electrons. The summed E-state index contributed by atoms with van der Waals surface area (Å²) in [5, 5.41) is 2.44. The summed E-state index contributed by atoms with van der Waals surface area (Å²) >= 11 is -1.89. The van der Waals surface area contributed by atoms with E-state index in [4.69, 9.17) is 4.55 Å². The number of amides is 1. The Hall–Kier alpha value is -1.01. The molecule has 1 atom stereocenters. The van der Waals surface area contributed by atoms with Crippen LogP contribution in [0.1, 0.15) is 19.8 Å². The SMILES string of the molecule is CC=CC(=O)CCC(=O)NCCS(=O)O. The highest BCUT2D eigenvalue weighted by Gasteiger charge is 2.04. The summed E-state index contributed by atoms with van der Waals surface area (Å²) < 4.78 is 18.6. The second-order valence-electron chi connectivity index (χ2n) is 2.84. The molecule has 0 rings (SSSR count). The molecule has 0 aliphatic rings. The third-order valence-electron chi connectivity index (χ3n) is 1.55. The number of rotatable bonds is 7. The van der Waals surface area contributed by atoms with Crippen LogP contribution in [-0.2, 0) is 20.7 Å². The molecular formula is C9H15NO4S. The molecule has 5 nitrogen and oxygen atoms in total. The Labute approximate surface area is 91.2 Å². The quantitative estimate of drug-likeness (QED) is 0.487. The molecule has 0 spiro atoms. The first kappa shape index (κ1) is 14.0. The molecular weight excluding hydrogens is 218 g/mol. The van der Waals surface area contributed by atoms with Gasteiger partial charge in [-0.2, -0.15) is 0 Å². The molecule has 2 N–H and O–H groups in total. The Kier molecular flexibility index (Phi) is 7.75. The normalized spacial score (nSPS) is 12.7. The predicted molar refractivity (Wildman–Crippen MR) is 57.7 cm³/mol. The summed E-state index contributed by atoms with van der Waals surface area (Å²) in [5.41, 5.74) is 0. The molecule has 0 aliphatic heterocycles. The Bertz CT molecular complexity index is 275. The van der Waals surface area contributed by atoms with Gasteiger partial charge in [0.15, 0.2) is 16.9 Å². The number of allylic oxidation sites excluding steroid dienone is 2. The van der Waals surface area contributed by atoms with Crippen molar-refractivity contribution in [3.05, 3.63) is 12.2 Å². The van der Waals surface area contributed by atoms with Crippen molar-refractivity contribution >= 4 is 22.8 Å². The van der Waals surface area contributed by atoms with Crippen LogP contribution in [0.2, 0.25) is 0 Å². The van der Waals surface area contributed by atoms with Gasteiger partial charge in [0.1, 0.15) is 0 Å². The number of hydrogen-bond donors (Lipinski definition) is 2. The molecule has 0 saturated heterocycles. The molecule has 6 heteroatoms. The van der Waals surface area contributed by atoms with E-state index in [1.807, 2.05) is 0 Å². The zero-order chi connectivity index (χ0) is 11.7. The van der Waals surface area contributed by atoms with Crippen LogP contribution in [-0.4, -0.2) is 32.7 Å². The topological polar surface area (TPSA) is 83.5 Å². The molecule has 1 unspecified atom stereocenters. The fraction of sp³-hybridized carbons (Fsp3) is 0.556. The number of ketones is 1. The predicted octanol–water partition coefficient (Wildman–Crippen LogP) is 0.250. The Balaban J connectivity index is 3.57. The standard InChI is InChI=1S/C9H15NO4S/c1-2-3-8(11)4-5-9(12)10-6-7-15(13)14/h2-3H,4-7H2,1H3,(H,10,12)(H,13,14). The van der Waals surface area contributed by atoms with Crippen LogP contribution >= 0.6 is 0 Å². The van der Waals surface area contributed by atoms with Crippen LogP contribution in [0.3, 0.4) is 0 Å². The van der Waals surface area contributed by atoms with Crippen molar-refractivity contribution < 1.29 is 18.4 Å². The van der Waals surface area contributed by atoms with Crippen molar-refractivity contribution in [1.82, 2.24) is 5.32 Å². The van der Waals surface area contributed by atoms with E-state index in [-0.39, 0.29) is 36.8 Å². The zero-order valence-corrected chi connectivity index (χ0v) is 9.38. The van der Waals surface area contributed by atoms with Crippen LogP contribution in [0.15, 0.2) is 12.2 Å². The lowest BCUT2D eigenvalue weighted by Crippen LogP contribution is -2.27. The van der Waals surface area contributed by atoms with Crippen molar-refractivity contribution in [1.29, 1.82) is 0 Å². The average Bonchev–Trinajstić information content (AvgIpc) is 2.14. The summed E-state index contributed by atoms with van der Waals surface area (Å²) in [5.74, 6) is -0.370. The summed E-state index contributed by atoms with van der Waals surface area (Å²) in [7, 11) is 0. The Morgan fingerprint density at radius 2 is 2.07 bits per heavy atom. The van der Waals surface area contributed by atoms with Crippen LogP contribution in [0, 0.1) is 0 Å². The van der Waals surface area contributed by atoms with Crippen molar-refractivity contribution in [2.75, 3.05) is 12.3 Å². The van der Waals surface area contributed by atoms with Crippen LogP contribution in [0.25, 0.3) is 0 Å². The summed E-state index contributed by atoms with van der Waals surface area (Å²) in [6.07, 6.45) is 3.31. The first-order chi connectivity index (χ1) is 7.06. The molecule has 15 heavy (non-hydrogen) atoms. The van der Waals surface area contributed by atoms with Gasteiger partial charge < -0.3 is 9.87 Å². The van der Waals surface area contributed by atoms with E-state index in [9.17, 15) is 13.8 Å². The van der Waals surface area contributed by atoms with Gasteiger partial charge in [-0.05, 0) is 13.0 Å². The van der Waals surface area contributed by atoms with Gasteiger partial charge >= 0.3 is 0 Å². The minimum atomic E-state index is -1.89. The first-order valence-electron chi connectivity index (χ1n) is 4.56. The molecule has 0 saturated carbocycles. The molecule has 0 aromatic heterocycles. The summed E-state index contributed by atoms with van der Waals surface area (Å²) in [6.45, 7) is 1.88. The van der Waals surface area contributed by atoms with E-state index < -0.39 is 11.1 Å². The van der Waals surface area contributed by atoms with E-state index in [0.717, 1.165) is 0 Å². The molecule has 0 aromatic carbocycles. The molecule has 0 heterocycles. The Morgan fingerprint density at radius 3 is 2.60 bits per heavy atom. The second-order valence-corrected chi connectivity index (χ2v) is 3.89. The Morgan fingerprint density at radius 1 is 1.40 bits per heavy atom. The van der Waals surface area contributed by atoms with Crippen molar-refractivity contribution in [2.24, 2.45) is 0 Å². The fourth-order valence-corrected chi connectivity index (χ4v) is 1.15. The third-order valence-corrected chi connectivity index (χ3v) is 2.10. The highest BCUT2D eigenvalue weighted by atomic mass is 32.2. The molecule has 1 amide bonds. The van der Waals surface area contributed by atoms with Crippen molar-refractivity contribution in [3.8, 4) is 0 Å². The maximum Gasteiger partial charge on any atom is 0.220 e. The molecule has 86 valence electrons. The molecule has 0 aliphatic carbocycles.